The van der Waals surface area contributed by atoms with E-state index < -0.39 is 0 Å². The van der Waals surface area contributed by atoms with Crippen molar-refractivity contribution < 1.29 is 5.11 Å². The number of hydrogen-bond donors (Lipinski definition) is 2. The summed E-state index contributed by atoms with van der Waals surface area (Å²) < 4.78 is 2.20. The van der Waals surface area contributed by atoms with Gasteiger partial charge in [-0.25, -0.2) is 0 Å². The molecule has 3 N–H and O–H groups in total. The average molecular weight is 452 g/mol. The summed E-state index contributed by atoms with van der Waals surface area (Å²) in [5.41, 5.74) is 7.10. The lowest BCUT2D eigenvalue weighted by Gasteiger charge is -2.22. The van der Waals surface area contributed by atoms with Gasteiger partial charge < -0.3 is 10.8 Å². The van der Waals surface area contributed by atoms with Crippen molar-refractivity contribution in [1.82, 2.24) is 0 Å². The molecule has 2 atom stereocenters. The number of aromatic hydroxyl groups is 1. The van der Waals surface area contributed by atoms with Gasteiger partial charge in [0.2, 0.25) is 0 Å². The molecule has 0 fully saturated rings. The fourth-order valence-electron chi connectivity index (χ4n) is 1.44. The van der Waals surface area contributed by atoms with Gasteiger partial charge in [-0.15, -0.1) is 12.4 Å². The highest BCUT2D eigenvalue weighted by molar-refractivity contribution is 9.11. The second-order valence-electron chi connectivity index (χ2n) is 3.83. The molecule has 0 heterocycles. The van der Waals surface area contributed by atoms with Crippen LogP contribution in [0.25, 0.3) is 0 Å². The molecule has 0 aliphatic rings. The molecule has 0 spiro atoms. The smallest absolute Gasteiger partial charge is 0.144 e. The summed E-state index contributed by atoms with van der Waals surface area (Å²) in [6, 6.07) is 1.71. The van der Waals surface area contributed by atoms with Crippen LogP contribution in [0.4, 0.5) is 0 Å². The van der Waals surface area contributed by atoms with Crippen LogP contribution in [0.2, 0.25) is 0 Å². The van der Waals surface area contributed by atoms with Gasteiger partial charge in [0.15, 0.2) is 0 Å². The molecule has 6 heteroatoms. The minimum atomic E-state index is -0.104. The predicted molar refractivity (Wildman–Crippen MR) is 84.8 cm³/mol. The van der Waals surface area contributed by atoms with Crippen LogP contribution in [0.5, 0.6) is 5.75 Å². The first-order valence-corrected chi connectivity index (χ1v) is 7.39. The first-order chi connectivity index (χ1) is 7.40. The van der Waals surface area contributed by atoms with E-state index in [0.717, 1.165) is 16.5 Å². The topological polar surface area (TPSA) is 46.2 Å². The molecule has 0 aliphatic heterocycles. The van der Waals surface area contributed by atoms with E-state index in [1.54, 1.807) is 0 Å². The molecule has 17 heavy (non-hydrogen) atoms. The Kier molecular flexibility index (Phi) is 7.64. The molecular weight excluding hydrogens is 437 g/mol. The lowest BCUT2D eigenvalue weighted by atomic mass is 9.93. The number of phenols is 1. The van der Waals surface area contributed by atoms with E-state index in [2.05, 4.69) is 61.6 Å². The summed E-state index contributed by atoms with van der Waals surface area (Å²) in [5.74, 6) is 0.546. The highest BCUT2D eigenvalue weighted by Gasteiger charge is 2.22. The van der Waals surface area contributed by atoms with Crippen molar-refractivity contribution in [2.45, 2.75) is 26.3 Å². The Hall–Kier alpha value is 0.710. The largest absolute Gasteiger partial charge is 0.506 e. The fraction of sp³-hybridized carbons (Fsp3) is 0.455. The second-order valence-corrected chi connectivity index (χ2v) is 6.33. The third kappa shape index (κ3) is 3.83. The maximum Gasteiger partial charge on any atom is 0.144 e. The molecule has 2 nitrogen and oxygen atoms in total. The van der Waals surface area contributed by atoms with Gasteiger partial charge in [-0.05, 0) is 43.8 Å². The van der Waals surface area contributed by atoms with Gasteiger partial charge in [0.25, 0.3) is 0 Å². The molecule has 0 radical (unpaired) electrons. The molecule has 1 unspecified atom stereocenters. The minimum absolute atomic E-state index is 0. The minimum Gasteiger partial charge on any atom is -0.506 e. The number of nitrogens with two attached hydrogens (primary N) is 1. The highest BCUT2D eigenvalue weighted by Crippen LogP contribution is 2.43. The van der Waals surface area contributed by atoms with Gasteiger partial charge >= 0.3 is 0 Å². The molecule has 1 aromatic rings. The maximum atomic E-state index is 9.84. The van der Waals surface area contributed by atoms with Crippen LogP contribution in [-0.2, 0) is 0 Å². The Balaban J connectivity index is 0.00000256. The molecule has 0 aromatic heterocycles. The van der Waals surface area contributed by atoms with Gasteiger partial charge in [-0.2, -0.15) is 0 Å². The van der Waals surface area contributed by atoms with Crippen LogP contribution >= 0.6 is 60.2 Å². The zero-order valence-electron chi connectivity index (χ0n) is 9.51. The Morgan fingerprint density at radius 1 is 1.29 bits per heavy atom. The van der Waals surface area contributed by atoms with Crippen LogP contribution < -0.4 is 5.73 Å². The first kappa shape index (κ1) is 17.7. The number of phenolic OH excluding ortho intramolecular Hbond substituents is 1. The normalized spacial score (nSPS) is 14.0. The van der Waals surface area contributed by atoms with Crippen LogP contribution in [0.3, 0.4) is 0 Å². The van der Waals surface area contributed by atoms with Crippen molar-refractivity contribution in [3.05, 3.63) is 25.0 Å². The summed E-state index contributed by atoms with van der Waals surface area (Å²) in [7, 11) is 0. The molecule has 0 amide bonds. The van der Waals surface area contributed by atoms with Crippen molar-refractivity contribution in [3.8, 4) is 5.75 Å². The lowest BCUT2D eigenvalue weighted by Crippen LogP contribution is -2.19. The first-order valence-electron chi connectivity index (χ1n) is 5.02. The Morgan fingerprint density at radius 3 is 2.29 bits per heavy atom. The van der Waals surface area contributed by atoms with E-state index in [-0.39, 0.29) is 24.2 Å². The summed E-state index contributed by atoms with van der Waals surface area (Å²) in [6.07, 6.45) is 0.997. The van der Waals surface area contributed by atoms with Crippen LogP contribution in [0, 0.1) is 5.92 Å². The average Bonchev–Trinajstić information content (AvgIpc) is 2.24. The zero-order chi connectivity index (χ0) is 12.5. The molecule has 0 saturated heterocycles. The number of halogens is 4. The quantitative estimate of drug-likeness (QED) is 0.667. The molecule has 0 bridgehead atoms. The van der Waals surface area contributed by atoms with Gasteiger partial charge in [0.1, 0.15) is 5.75 Å². The molecular formula is C11H15Br3ClNO. The van der Waals surface area contributed by atoms with E-state index in [1.807, 2.05) is 6.07 Å². The summed E-state index contributed by atoms with van der Waals surface area (Å²) >= 11 is 10.2. The third-order valence-electron chi connectivity index (χ3n) is 2.77. The van der Waals surface area contributed by atoms with E-state index in [0.29, 0.717) is 14.9 Å². The third-order valence-corrected chi connectivity index (χ3v) is 4.83. The number of rotatable bonds is 3. The monoisotopic (exact) mass is 449 g/mol. The maximum absolute atomic E-state index is 9.84. The van der Waals surface area contributed by atoms with Crippen LogP contribution in [-0.4, -0.2) is 5.11 Å². The Morgan fingerprint density at radius 2 is 1.82 bits per heavy atom. The van der Waals surface area contributed by atoms with Gasteiger partial charge in [0, 0.05) is 16.1 Å². The van der Waals surface area contributed by atoms with Gasteiger partial charge in [-0.1, -0.05) is 36.2 Å². The zero-order valence-corrected chi connectivity index (χ0v) is 15.1. The number of benzene rings is 1. The van der Waals surface area contributed by atoms with Crippen molar-refractivity contribution in [2.75, 3.05) is 0 Å². The van der Waals surface area contributed by atoms with E-state index in [1.165, 1.54) is 0 Å². The SMILES string of the molecule is CCC(C)[C@H](N)c1c(Br)cc(Br)c(O)c1Br.Cl. The molecule has 1 aromatic carbocycles. The van der Waals surface area contributed by atoms with Crippen molar-refractivity contribution in [3.63, 3.8) is 0 Å². The standard InChI is InChI=1S/C11H14Br3NO.ClH/c1-3-5(2)10(15)8-6(12)4-7(13)11(16)9(8)14;/h4-5,10,16H,3,15H2,1-2H3;1H/t5?,10-;/m0./s1. The number of hydrogen-bond acceptors (Lipinski definition) is 2. The molecule has 0 saturated carbocycles. The molecule has 1 rings (SSSR count). The van der Waals surface area contributed by atoms with E-state index in [4.69, 9.17) is 5.73 Å². The molecule has 98 valence electrons. The Bertz CT molecular complexity index is 401. The van der Waals surface area contributed by atoms with Gasteiger partial charge in [-0.3, -0.25) is 0 Å². The van der Waals surface area contributed by atoms with E-state index in [9.17, 15) is 5.11 Å². The Labute approximate surface area is 133 Å². The van der Waals surface area contributed by atoms with Crippen LogP contribution in [0.1, 0.15) is 31.9 Å². The van der Waals surface area contributed by atoms with Crippen molar-refractivity contribution >= 4 is 60.2 Å². The fourth-order valence-corrected chi connectivity index (χ4v) is 4.09. The molecule has 0 aliphatic carbocycles. The van der Waals surface area contributed by atoms with E-state index >= 15 is 0 Å². The highest BCUT2D eigenvalue weighted by atomic mass is 79.9. The predicted octanol–water partition coefficient (Wildman–Crippen LogP) is 5.15. The summed E-state index contributed by atoms with van der Waals surface area (Å²) in [5, 5.41) is 9.84. The second kappa shape index (κ2) is 7.34. The van der Waals surface area contributed by atoms with Crippen LogP contribution in [0.15, 0.2) is 19.5 Å². The summed E-state index contributed by atoms with van der Waals surface area (Å²) in [6.45, 7) is 4.20. The lowest BCUT2D eigenvalue weighted by molar-refractivity contribution is 0.442. The van der Waals surface area contributed by atoms with Gasteiger partial charge in [0.05, 0.1) is 8.95 Å². The van der Waals surface area contributed by atoms with Crippen molar-refractivity contribution in [2.24, 2.45) is 11.7 Å². The summed E-state index contributed by atoms with van der Waals surface area (Å²) in [4.78, 5) is 0. The van der Waals surface area contributed by atoms with Crippen molar-refractivity contribution in [1.29, 1.82) is 0 Å².